The van der Waals surface area contributed by atoms with E-state index in [1.807, 2.05) is 24.3 Å². The van der Waals surface area contributed by atoms with Crippen LogP contribution in [0.25, 0.3) is 0 Å². The number of carbonyl (C=O) groups excluding carboxylic acids is 1. The van der Waals surface area contributed by atoms with Gasteiger partial charge in [-0.25, -0.2) is 8.42 Å². The van der Waals surface area contributed by atoms with E-state index in [0.717, 1.165) is 37.2 Å². The highest BCUT2D eigenvalue weighted by atomic mass is 32.2. The third-order valence-corrected chi connectivity index (χ3v) is 5.69. The van der Waals surface area contributed by atoms with Gasteiger partial charge < -0.3 is 15.0 Å². The summed E-state index contributed by atoms with van der Waals surface area (Å²) >= 11 is 0. The molecule has 1 saturated heterocycles. The van der Waals surface area contributed by atoms with Crippen LogP contribution in [-0.4, -0.2) is 64.5 Å². The van der Waals surface area contributed by atoms with Crippen molar-refractivity contribution in [3.63, 3.8) is 0 Å². The lowest BCUT2D eigenvalue weighted by Crippen LogP contribution is -2.42. The van der Waals surface area contributed by atoms with E-state index in [4.69, 9.17) is 4.74 Å². The minimum Gasteiger partial charge on any atom is -0.497 e. The van der Waals surface area contributed by atoms with Gasteiger partial charge in [-0.1, -0.05) is 12.1 Å². The van der Waals surface area contributed by atoms with E-state index in [0.29, 0.717) is 31.8 Å². The van der Waals surface area contributed by atoms with Crippen LogP contribution in [0.3, 0.4) is 0 Å². The highest BCUT2D eigenvalue weighted by Crippen LogP contribution is 2.16. The molecule has 0 spiro atoms. The summed E-state index contributed by atoms with van der Waals surface area (Å²) in [4.78, 5) is 14.3. The molecule has 0 bridgehead atoms. The molecule has 146 valence electrons. The molecule has 1 fully saturated rings. The number of sulfone groups is 1. The Morgan fingerprint density at radius 3 is 2.69 bits per heavy atom. The van der Waals surface area contributed by atoms with Gasteiger partial charge in [-0.2, -0.15) is 0 Å². The van der Waals surface area contributed by atoms with Crippen LogP contribution in [0, 0.1) is 5.92 Å². The average Bonchev–Trinajstić information content (AvgIpc) is 2.63. The molecule has 0 radical (unpaired) electrons. The summed E-state index contributed by atoms with van der Waals surface area (Å²) in [5.74, 6) is 1.48. The van der Waals surface area contributed by atoms with Gasteiger partial charge in [0.25, 0.3) is 0 Å². The van der Waals surface area contributed by atoms with E-state index in [-0.39, 0.29) is 11.7 Å². The molecule has 7 heteroatoms. The first-order valence-corrected chi connectivity index (χ1v) is 11.2. The lowest BCUT2D eigenvalue weighted by Gasteiger charge is -2.32. The molecule has 1 unspecified atom stereocenters. The van der Waals surface area contributed by atoms with Gasteiger partial charge in [0.15, 0.2) is 0 Å². The van der Waals surface area contributed by atoms with Crippen molar-refractivity contribution >= 4 is 15.7 Å². The van der Waals surface area contributed by atoms with Crippen molar-refractivity contribution in [1.29, 1.82) is 0 Å². The van der Waals surface area contributed by atoms with Crippen LogP contribution in [0.5, 0.6) is 5.75 Å². The third kappa shape index (κ3) is 7.74. The van der Waals surface area contributed by atoms with Crippen LogP contribution >= 0.6 is 0 Å². The van der Waals surface area contributed by atoms with E-state index < -0.39 is 9.84 Å². The van der Waals surface area contributed by atoms with Crippen molar-refractivity contribution in [2.75, 3.05) is 45.3 Å². The fourth-order valence-electron chi connectivity index (χ4n) is 3.21. The smallest absolute Gasteiger partial charge is 0.220 e. The fourth-order valence-corrected chi connectivity index (χ4v) is 3.80. The molecule has 0 aromatic heterocycles. The largest absolute Gasteiger partial charge is 0.497 e. The molecule has 1 aromatic carbocycles. The van der Waals surface area contributed by atoms with Gasteiger partial charge in [-0.15, -0.1) is 0 Å². The maximum atomic E-state index is 12.1. The predicted octanol–water partition coefficient (Wildman–Crippen LogP) is 1.50. The maximum absolute atomic E-state index is 12.1. The standard InChI is InChI=1S/C19H30N2O4S/c1-25-18-8-5-16(6-9-18)7-10-19(22)20-14-17-4-3-11-21(15-17)12-13-26(2,23)24/h5-6,8-9,17H,3-4,7,10-15H2,1-2H3,(H,20,22). The number of amides is 1. The first-order valence-electron chi connectivity index (χ1n) is 9.15. The van der Waals surface area contributed by atoms with Crippen molar-refractivity contribution in [2.24, 2.45) is 5.92 Å². The molecule has 2 rings (SSSR count). The van der Waals surface area contributed by atoms with Crippen molar-refractivity contribution in [1.82, 2.24) is 10.2 Å². The van der Waals surface area contributed by atoms with Crippen molar-refractivity contribution in [2.45, 2.75) is 25.7 Å². The van der Waals surface area contributed by atoms with Gasteiger partial charge in [-0.05, 0) is 49.4 Å². The number of ether oxygens (including phenoxy) is 1. The van der Waals surface area contributed by atoms with Crippen molar-refractivity contribution in [3.05, 3.63) is 29.8 Å². The monoisotopic (exact) mass is 382 g/mol. The van der Waals surface area contributed by atoms with Crippen molar-refractivity contribution < 1.29 is 17.9 Å². The Bertz CT molecular complexity index is 673. The second-order valence-electron chi connectivity index (χ2n) is 7.09. The summed E-state index contributed by atoms with van der Waals surface area (Å²) in [5, 5.41) is 3.03. The van der Waals surface area contributed by atoms with Gasteiger partial charge >= 0.3 is 0 Å². The SMILES string of the molecule is COc1ccc(CCC(=O)NCC2CCCN(CCS(C)(=O)=O)C2)cc1. The summed E-state index contributed by atoms with van der Waals surface area (Å²) in [5.41, 5.74) is 1.12. The van der Waals surface area contributed by atoms with E-state index >= 15 is 0 Å². The van der Waals surface area contributed by atoms with Crippen LogP contribution in [0.15, 0.2) is 24.3 Å². The Labute approximate surface area is 156 Å². The van der Waals surface area contributed by atoms with Crippen LogP contribution in [0.1, 0.15) is 24.8 Å². The Kier molecular flexibility index (Phi) is 7.90. The molecular formula is C19H30N2O4S. The summed E-state index contributed by atoms with van der Waals surface area (Å²) in [7, 11) is -1.29. The minimum atomic E-state index is -2.92. The second kappa shape index (κ2) is 9.92. The van der Waals surface area contributed by atoms with E-state index in [2.05, 4.69) is 10.2 Å². The Morgan fingerprint density at radius 1 is 1.31 bits per heavy atom. The first kappa shape index (κ1) is 20.7. The molecule has 1 N–H and O–H groups in total. The summed E-state index contributed by atoms with van der Waals surface area (Å²) in [6, 6.07) is 7.76. The van der Waals surface area contributed by atoms with Crippen LogP contribution in [-0.2, 0) is 21.1 Å². The van der Waals surface area contributed by atoms with Crippen LogP contribution in [0.4, 0.5) is 0 Å². The average molecular weight is 383 g/mol. The first-order chi connectivity index (χ1) is 12.4. The van der Waals surface area contributed by atoms with Crippen LogP contribution < -0.4 is 10.1 Å². The number of hydrogen-bond donors (Lipinski definition) is 1. The highest BCUT2D eigenvalue weighted by Gasteiger charge is 2.21. The molecule has 6 nitrogen and oxygen atoms in total. The fraction of sp³-hybridized carbons (Fsp3) is 0.632. The Balaban J connectivity index is 1.67. The van der Waals surface area contributed by atoms with Gasteiger partial charge in [-0.3, -0.25) is 4.79 Å². The third-order valence-electron chi connectivity index (χ3n) is 4.77. The van der Waals surface area contributed by atoms with Gasteiger partial charge in [0.2, 0.25) is 5.91 Å². The summed E-state index contributed by atoms with van der Waals surface area (Å²) in [6.07, 6.45) is 4.58. The zero-order valence-electron chi connectivity index (χ0n) is 15.7. The van der Waals surface area contributed by atoms with Gasteiger partial charge in [0.05, 0.1) is 12.9 Å². The van der Waals surface area contributed by atoms with E-state index in [1.165, 1.54) is 6.26 Å². The normalized spacial score (nSPS) is 18.5. The molecule has 1 heterocycles. The Hall–Kier alpha value is -1.60. The predicted molar refractivity (Wildman–Crippen MR) is 103 cm³/mol. The number of rotatable bonds is 9. The number of nitrogens with one attached hydrogen (secondary N) is 1. The molecule has 1 aliphatic rings. The second-order valence-corrected chi connectivity index (χ2v) is 9.35. The molecule has 1 atom stereocenters. The molecule has 0 aliphatic carbocycles. The maximum Gasteiger partial charge on any atom is 0.220 e. The van der Waals surface area contributed by atoms with Crippen molar-refractivity contribution in [3.8, 4) is 5.75 Å². The molecule has 0 saturated carbocycles. The minimum absolute atomic E-state index is 0.0640. The number of carbonyl (C=O) groups is 1. The topological polar surface area (TPSA) is 75.7 Å². The summed E-state index contributed by atoms with van der Waals surface area (Å²) < 4.78 is 27.7. The number of methoxy groups -OCH3 is 1. The zero-order valence-corrected chi connectivity index (χ0v) is 16.6. The van der Waals surface area contributed by atoms with Gasteiger partial charge in [0, 0.05) is 32.3 Å². The molecular weight excluding hydrogens is 352 g/mol. The van der Waals surface area contributed by atoms with Crippen LogP contribution in [0.2, 0.25) is 0 Å². The number of aryl methyl sites for hydroxylation is 1. The number of piperidine rings is 1. The van der Waals surface area contributed by atoms with E-state index in [1.54, 1.807) is 7.11 Å². The Morgan fingerprint density at radius 2 is 2.04 bits per heavy atom. The molecule has 1 aliphatic heterocycles. The lowest BCUT2D eigenvalue weighted by atomic mass is 9.98. The molecule has 1 aromatic rings. The number of benzene rings is 1. The number of hydrogen-bond acceptors (Lipinski definition) is 5. The van der Waals surface area contributed by atoms with Gasteiger partial charge in [0.1, 0.15) is 15.6 Å². The lowest BCUT2D eigenvalue weighted by molar-refractivity contribution is -0.121. The number of likely N-dealkylation sites (tertiary alicyclic amines) is 1. The molecule has 26 heavy (non-hydrogen) atoms. The molecule has 1 amide bonds. The zero-order chi connectivity index (χ0) is 19.0. The highest BCUT2D eigenvalue weighted by molar-refractivity contribution is 7.90. The summed E-state index contributed by atoms with van der Waals surface area (Å²) in [6.45, 7) is 3.04. The quantitative estimate of drug-likeness (QED) is 0.700. The number of nitrogens with zero attached hydrogens (tertiary/aromatic N) is 1. The van der Waals surface area contributed by atoms with E-state index in [9.17, 15) is 13.2 Å².